The molecule has 9 heteroatoms. The van der Waals surface area contributed by atoms with E-state index in [0.29, 0.717) is 24.1 Å². The quantitative estimate of drug-likeness (QED) is 0.735. The summed E-state index contributed by atoms with van der Waals surface area (Å²) >= 11 is 0. The number of benzene rings is 2. The van der Waals surface area contributed by atoms with Crippen molar-refractivity contribution in [1.29, 1.82) is 0 Å². The fourth-order valence-corrected chi connectivity index (χ4v) is 5.12. The van der Waals surface area contributed by atoms with Gasteiger partial charge in [0.25, 0.3) is 5.91 Å². The van der Waals surface area contributed by atoms with E-state index in [9.17, 15) is 22.4 Å². The standard InChI is InChI=1S/C21H22FN3O4S/c22-15-5-11-18(12-6-15)30(28,29)25-13-1-2-19(25)21(27)24-16-7-3-14(4-8-16)20(26)23-17-9-10-17/h3-8,11-12,17,19H,1-2,9-10,13H2,(H,23,26)(H,24,27). The lowest BCUT2D eigenvalue weighted by Crippen LogP contribution is -2.43. The van der Waals surface area contributed by atoms with Crippen LogP contribution in [0.25, 0.3) is 0 Å². The summed E-state index contributed by atoms with van der Waals surface area (Å²) in [7, 11) is -3.91. The molecule has 1 saturated carbocycles. The normalized spacial score (nSPS) is 19.4. The smallest absolute Gasteiger partial charge is 0.251 e. The zero-order valence-corrected chi connectivity index (χ0v) is 17.0. The van der Waals surface area contributed by atoms with Crippen LogP contribution in [0, 0.1) is 5.82 Å². The van der Waals surface area contributed by atoms with E-state index >= 15 is 0 Å². The van der Waals surface area contributed by atoms with Crippen molar-refractivity contribution in [3.63, 3.8) is 0 Å². The van der Waals surface area contributed by atoms with Gasteiger partial charge < -0.3 is 10.6 Å². The molecule has 2 aromatic carbocycles. The Morgan fingerprint density at radius 3 is 2.27 bits per heavy atom. The average Bonchev–Trinajstić information content (AvgIpc) is 3.39. The number of hydrogen-bond donors (Lipinski definition) is 2. The highest BCUT2D eigenvalue weighted by atomic mass is 32.2. The molecular weight excluding hydrogens is 409 g/mol. The highest BCUT2D eigenvalue weighted by Gasteiger charge is 2.39. The van der Waals surface area contributed by atoms with Gasteiger partial charge in [-0.15, -0.1) is 0 Å². The molecule has 1 aliphatic heterocycles. The van der Waals surface area contributed by atoms with Crippen LogP contribution in [0.2, 0.25) is 0 Å². The van der Waals surface area contributed by atoms with Crippen molar-refractivity contribution < 1.29 is 22.4 Å². The molecule has 0 radical (unpaired) electrons. The molecule has 1 atom stereocenters. The lowest BCUT2D eigenvalue weighted by atomic mass is 10.1. The summed E-state index contributed by atoms with van der Waals surface area (Å²) in [6.45, 7) is 0.220. The lowest BCUT2D eigenvalue weighted by molar-refractivity contribution is -0.119. The van der Waals surface area contributed by atoms with Crippen LogP contribution in [0.5, 0.6) is 0 Å². The SMILES string of the molecule is O=C(NC1CC1)c1ccc(NC(=O)C2CCCN2S(=O)(=O)c2ccc(F)cc2)cc1. The predicted octanol–water partition coefficient (Wildman–Crippen LogP) is 2.51. The molecule has 158 valence electrons. The van der Waals surface area contributed by atoms with Gasteiger partial charge >= 0.3 is 0 Å². The Bertz CT molecular complexity index is 1050. The van der Waals surface area contributed by atoms with Gasteiger partial charge in [0.2, 0.25) is 15.9 Å². The molecule has 2 aliphatic rings. The van der Waals surface area contributed by atoms with E-state index in [0.717, 1.165) is 29.3 Å². The third-order valence-electron chi connectivity index (χ3n) is 5.25. The first-order valence-electron chi connectivity index (χ1n) is 9.84. The van der Waals surface area contributed by atoms with E-state index in [-0.39, 0.29) is 23.4 Å². The number of rotatable bonds is 6. The Hall–Kier alpha value is -2.78. The van der Waals surface area contributed by atoms with Crippen molar-refractivity contribution in [2.24, 2.45) is 0 Å². The van der Waals surface area contributed by atoms with Crippen LogP contribution in [0.3, 0.4) is 0 Å². The summed E-state index contributed by atoms with van der Waals surface area (Å²) in [6.07, 6.45) is 2.95. The fourth-order valence-electron chi connectivity index (χ4n) is 3.46. The maximum atomic E-state index is 13.1. The minimum Gasteiger partial charge on any atom is -0.349 e. The number of nitrogens with one attached hydrogen (secondary N) is 2. The molecule has 2 aromatic rings. The van der Waals surface area contributed by atoms with Crippen molar-refractivity contribution in [2.75, 3.05) is 11.9 Å². The summed E-state index contributed by atoms with van der Waals surface area (Å²) < 4.78 is 40.1. The monoisotopic (exact) mass is 431 g/mol. The second-order valence-corrected chi connectivity index (χ2v) is 9.43. The van der Waals surface area contributed by atoms with Crippen molar-refractivity contribution in [3.8, 4) is 0 Å². The highest BCUT2D eigenvalue weighted by molar-refractivity contribution is 7.89. The summed E-state index contributed by atoms with van der Waals surface area (Å²) in [6, 6.07) is 10.4. The van der Waals surface area contributed by atoms with Gasteiger partial charge in [-0.2, -0.15) is 4.31 Å². The Morgan fingerprint density at radius 1 is 0.967 bits per heavy atom. The number of carbonyl (C=O) groups excluding carboxylic acids is 2. The van der Waals surface area contributed by atoms with Gasteiger partial charge in [-0.3, -0.25) is 9.59 Å². The van der Waals surface area contributed by atoms with Crippen LogP contribution in [-0.2, 0) is 14.8 Å². The molecule has 7 nitrogen and oxygen atoms in total. The number of anilines is 1. The molecule has 0 aromatic heterocycles. The molecule has 1 saturated heterocycles. The number of amides is 2. The summed E-state index contributed by atoms with van der Waals surface area (Å²) in [4.78, 5) is 24.8. The molecule has 2 fully saturated rings. The second kappa shape index (κ2) is 8.16. The minimum atomic E-state index is -3.91. The van der Waals surface area contributed by atoms with Gasteiger partial charge in [0.15, 0.2) is 0 Å². The fraction of sp³-hybridized carbons (Fsp3) is 0.333. The van der Waals surface area contributed by atoms with Crippen LogP contribution in [0.4, 0.5) is 10.1 Å². The first-order valence-corrected chi connectivity index (χ1v) is 11.3. The molecule has 1 unspecified atom stereocenters. The topological polar surface area (TPSA) is 95.6 Å². The second-order valence-electron chi connectivity index (χ2n) is 7.54. The Morgan fingerprint density at radius 2 is 1.63 bits per heavy atom. The first-order chi connectivity index (χ1) is 14.3. The van der Waals surface area contributed by atoms with Crippen LogP contribution >= 0.6 is 0 Å². The molecule has 30 heavy (non-hydrogen) atoms. The third kappa shape index (κ3) is 4.36. The third-order valence-corrected chi connectivity index (χ3v) is 7.18. The number of hydrogen-bond acceptors (Lipinski definition) is 4. The first kappa shape index (κ1) is 20.5. The lowest BCUT2D eigenvalue weighted by Gasteiger charge is -2.23. The molecule has 2 amide bonds. The van der Waals surface area contributed by atoms with Crippen LogP contribution in [-0.4, -0.2) is 43.2 Å². The van der Waals surface area contributed by atoms with Crippen molar-refractivity contribution >= 4 is 27.5 Å². The van der Waals surface area contributed by atoms with Gasteiger partial charge in [-0.05, 0) is 74.2 Å². The van der Waals surface area contributed by atoms with Crippen LogP contribution < -0.4 is 10.6 Å². The van der Waals surface area contributed by atoms with Gasteiger partial charge in [0.05, 0.1) is 4.90 Å². The highest BCUT2D eigenvalue weighted by Crippen LogP contribution is 2.27. The number of halogens is 1. The molecular formula is C21H22FN3O4S. The zero-order chi connectivity index (χ0) is 21.3. The molecule has 1 heterocycles. The molecule has 0 spiro atoms. The molecule has 1 aliphatic carbocycles. The van der Waals surface area contributed by atoms with Gasteiger partial charge in [0, 0.05) is 23.8 Å². The summed E-state index contributed by atoms with van der Waals surface area (Å²) in [5.41, 5.74) is 0.982. The van der Waals surface area contributed by atoms with E-state index in [4.69, 9.17) is 0 Å². The van der Waals surface area contributed by atoms with E-state index in [2.05, 4.69) is 10.6 Å². The zero-order valence-electron chi connectivity index (χ0n) is 16.2. The van der Waals surface area contributed by atoms with Gasteiger partial charge in [0.1, 0.15) is 11.9 Å². The molecule has 4 rings (SSSR count). The Labute approximate surface area is 174 Å². The van der Waals surface area contributed by atoms with Crippen LogP contribution in [0.1, 0.15) is 36.0 Å². The minimum absolute atomic E-state index is 0.0466. The molecule has 0 bridgehead atoms. The van der Waals surface area contributed by atoms with Gasteiger partial charge in [-0.1, -0.05) is 0 Å². The predicted molar refractivity (Wildman–Crippen MR) is 109 cm³/mol. The molecule has 2 N–H and O–H groups in total. The Kier molecular flexibility index (Phi) is 5.57. The van der Waals surface area contributed by atoms with Crippen molar-refractivity contribution in [2.45, 2.75) is 42.7 Å². The van der Waals surface area contributed by atoms with E-state index < -0.39 is 27.8 Å². The number of sulfonamides is 1. The van der Waals surface area contributed by atoms with E-state index in [1.165, 1.54) is 12.1 Å². The largest absolute Gasteiger partial charge is 0.349 e. The van der Waals surface area contributed by atoms with Crippen LogP contribution in [0.15, 0.2) is 53.4 Å². The summed E-state index contributed by atoms with van der Waals surface area (Å²) in [5.74, 6) is -1.12. The summed E-state index contributed by atoms with van der Waals surface area (Å²) in [5, 5.41) is 5.62. The maximum absolute atomic E-state index is 13.1. The van der Waals surface area contributed by atoms with E-state index in [1.807, 2.05) is 0 Å². The number of nitrogens with zero attached hydrogens (tertiary/aromatic N) is 1. The van der Waals surface area contributed by atoms with Gasteiger partial charge in [-0.25, -0.2) is 12.8 Å². The Balaban J connectivity index is 1.44. The van der Waals surface area contributed by atoms with Crippen molar-refractivity contribution in [3.05, 3.63) is 59.9 Å². The van der Waals surface area contributed by atoms with Crippen molar-refractivity contribution in [1.82, 2.24) is 9.62 Å². The number of carbonyl (C=O) groups is 2. The maximum Gasteiger partial charge on any atom is 0.251 e. The average molecular weight is 431 g/mol. The van der Waals surface area contributed by atoms with E-state index in [1.54, 1.807) is 24.3 Å².